The van der Waals surface area contributed by atoms with Crippen LogP contribution < -0.4 is 0 Å². The van der Waals surface area contributed by atoms with E-state index in [0.29, 0.717) is 11.4 Å². The molecule has 0 bridgehead atoms. The van der Waals surface area contributed by atoms with Gasteiger partial charge in [-0.2, -0.15) is 13.1 Å². The molecule has 0 saturated carbocycles. The van der Waals surface area contributed by atoms with Gasteiger partial charge in [0.25, 0.3) is 0 Å². The zero-order valence-electron chi connectivity index (χ0n) is 17.1. The summed E-state index contributed by atoms with van der Waals surface area (Å²) in [7, 11) is 0. The van der Waals surface area contributed by atoms with Gasteiger partial charge in [-0.3, -0.25) is 17.6 Å². The molecule has 0 aliphatic carbocycles. The number of hydrogen-bond acceptors (Lipinski definition) is 2. The van der Waals surface area contributed by atoms with Gasteiger partial charge >= 0.3 is 0 Å². The number of benzene rings is 2. The summed E-state index contributed by atoms with van der Waals surface area (Å²) >= 11 is 0. The van der Waals surface area contributed by atoms with E-state index in [2.05, 4.69) is 22.1 Å². The van der Waals surface area contributed by atoms with E-state index in [4.69, 9.17) is 11.5 Å². The van der Waals surface area contributed by atoms with Gasteiger partial charge in [0.15, 0.2) is 0 Å². The van der Waals surface area contributed by atoms with Crippen LogP contribution in [0, 0.1) is 35.4 Å². The molecule has 0 aliphatic heterocycles. The average Bonchev–Trinajstić information content (AvgIpc) is 2.81. The Labute approximate surface area is 203 Å². The molecule has 2 aromatic carbocycles. The van der Waals surface area contributed by atoms with Crippen LogP contribution in [0.1, 0.15) is 0 Å². The SMILES string of the molecule is Fc1c[c-]c(-c2ccccn2)c(F)c1.Fc1c[c-]c(-c2ccccn2)c(F)c1.[Ir].[NH-]CC[NH-]. The minimum absolute atomic E-state index is 0. The second-order valence-corrected chi connectivity index (χ2v) is 6.01. The average molecular weight is 631 g/mol. The maximum Gasteiger partial charge on any atom is 0.0408 e. The molecule has 4 aromatic rings. The van der Waals surface area contributed by atoms with Crippen molar-refractivity contribution in [3.8, 4) is 22.5 Å². The van der Waals surface area contributed by atoms with E-state index in [-0.39, 0.29) is 44.3 Å². The molecule has 0 aliphatic rings. The molecule has 0 amide bonds. The zero-order valence-corrected chi connectivity index (χ0v) is 19.5. The van der Waals surface area contributed by atoms with Crippen LogP contribution in [0.4, 0.5) is 17.6 Å². The molecule has 2 heterocycles. The van der Waals surface area contributed by atoms with Crippen molar-refractivity contribution in [2.24, 2.45) is 0 Å². The quantitative estimate of drug-likeness (QED) is 0.186. The normalized spacial score (nSPS) is 9.52. The van der Waals surface area contributed by atoms with Crippen molar-refractivity contribution < 1.29 is 37.7 Å². The Bertz CT molecular complexity index is 1010. The van der Waals surface area contributed by atoms with E-state index in [0.717, 1.165) is 24.3 Å². The van der Waals surface area contributed by atoms with E-state index in [1.54, 1.807) is 48.8 Å². The molecular formula is C24H18F4IrN4-4. The largest absolute Gasteiger partial charge is 0.679 e. The van der Waals surface area contributed by atoms with Gasteiger partial charge in [-0.1, -0.05) is 47.5 Å². The topological polar surface area (TPSA) is 73.4 Å². The first-order valence-electron chi connectivity index (χ1n) is 9.31. The first-order valence-corrected chi connectivity index (χ1v) is 9.31. The van der Waals surface area contributed by atoms with E-state index in [1.165, 1.54) is 0 Å². The van der Waals surface area contributed by atoms with Gasteiger partial charge in [0.05, 0.1) is 0 Å². The maximum atomic E-state index is 13.2. The third kappa shape index (κ3) is 9.19. The molecule has 0 saturated heterocycles. The van der Waals surface area contributed by atoms with Crippen molar-refractivity contribution >= 4 is 0 Å². The Balaban J connectivity index is 0.000000278. The molecule has 1 radical (unpaired) electrons. The first-order chi connectivity index (χ1) is 15.5. The van der Waals surface area contributed by atoms with E-state index < -0.39 is 23.3 Å². The molecule has 2 N–H and O–H groups in total. The Morgan fingerprint density at radius 1 is 0.667 bits per heavy atom. The fourth-order valence-electron chi connectivity index (χ4n) is 2.30. The summed E-state index contributed by atoms with van der Waals surface area (Å²) in [5, 5.41) is 0. The molecular weight excluding hydrogens is 613 g/mol. The smallest absolute Gasteiger partial charge is 0.0408 e. The fourth-order valence-corrected chi connectivity index (χ4v) is 2.30. The molecule has 0 spiro atoms. The predicted octanol–water partition coefficient (Wildman–Crippen LogP) is 6.74. The van der Waals surface area contributed by atoms with Crippen molar-refractivity contribution in [3.63, 3.8) is 0 Å². The van der Waals surface area contributed by atoms with Crippen LogP contribution in [0.2, 0.25) is 0 Å². The Morgan fingerprint density at radius 2 is 1.06 bits per heavy atom. The monoisotopic (exact) mass is 631 g/mol. The van der Waals surface area contributed by atoms with Crippen molar-refractivity contribution in [2.45, 2.75) is 0 Å². The minimum Gasteiger partial charge on any atom is -0.679 e. The second kappa shape index (κ2) is 15.0. The molecule has 0 unspecified atom stereocenters. The van der Waals surface area contributed by atoms with E-state index >= 15 is 0 Å². The Hall–Kier alpha value is -2.97. The van der Waals surface area contributed by atoms with Crippen molar-refractivity contribution in [2.75, 3.05) is 13.1 Å². The van der Waals surface area contributed by atoms with E-state index in [9.17, 15) is 17.6 Å². The number of hydrogen-bond donors (Lipinski definition) is 0. The molecule has 2 aromatic heterocycles. The first kappa shape index (κ1) is 28.1. The summed E-state index contributed by atoms with van der Waals surface area (Å²) < 4.78 is 51.6. The van der Waals surface area contributed by atoms with Gasteiger partial charge in [-0.15, -0.1) is 24.3 Å². The molecule has 0 atom stereocenters. The summed E-state index contributed by atoms with van der Waals surface area (Å²) in [6.45, 7) is 0.472. The maximum absolute atomic E-state index is 13.2. The molecule has 0 fully saturated rings. The molecule has 175 valence electrons. The fraction of sp³-hybridized carbons (Fsp3) is 0.0833. The van der Waals surface area contributed by atoms with E-state index in [1.807, 2.05) is 0 Å². The number of halogens is 4. The summed E-state index contributed by atoms with van der Waals surface area (Å²) in [6.07, 6.45) is 3.10. The Kier molecular flexibility index (Phi) is 12.7. The van der Waals surface area contributed by atoms with Gasteiger partial charge < -0.3 is 21.4 Å². The van der Waals surface area contributed by atoms with Gasteiger partial charge in [-0.25, -0.2) is 0 Å². The third-order valence-electron chi connectivity index (χ3n) is 3.68. The van der Waals surface area contributed by atoms with Crippen LogP contribution in [-0.2, 0) is 20.1 Å². The zero-order chi connectivity index (χ0) is 23.3. The second-order valence-electron chi connectivity index (χ2n) is 6.01. The molecule has 4 rings (SSSR count). The summed E-state index contributed by atoms with van der Waals surface area (Å²) in [5.74, 6) is -2.57. The number of rotatable bonds is 3. The van der Waals surface area contributed by atoms with Crippen molar-refractivity contribution in [1.29, 1.82) is 0 Å². The summed E-state index contributed by atoms with van der Waals surface area (Å²) in [6, 6.07) is 19.1. The van der Waals surface area contributed by atoms with Crippen LogP contribution in [0.25, 0.3) is 34.0 Å². The van der Waals surface area contributed by atoms with Crippen molar-refractivity contribution in [3.05, 3.63) is 120 Å². The Morgan fingerprint density at radius 3 is 1.33 bits per heavy atom. The molecule has 33 heavy (non-hydrogen) atoms. The molecule has 9 heteroatoms. The number of nitrogens with one attached hydrogen (secondary N) is 2. The number of pyridine rings is 2. The van der Waals surface area contributed by atoms with Gasteiger partial charge in [-0.05, 0) is 23.5 Å². The van der Waals surface area contributed by atoms with Crippen LogP contribution in [0.15, 0.2) is 73.1 Å². The summed E-state index contributed by atoms with van der Waals surface area (Å²) in [5.41, 5.74) is 13.8. The summed E-state index contributed by atoms with van der Waals surface area (Å²) in [4.78, 5) is 7.89. The van der Waals surface area contributed by atoms with Crippen LogP contribution in [0.5, 0.6) is 0 Å². The van der Waals surface area contributed by atoms with Gasteiger partial charge in [0.2, 0.25) is 0 Å². The predicted molar refractivity (Wildman–Crippen MR) is 115 cm³/mol. The number of nitrogens with zero attached hydrogens (tertiary/aromatic N) is 2. The third-order valence-corrected chi connectivity index (χ3v) is 3.68. The van der Waals surface area contributed by atoms with Gasteiger partial charge in [0.1, 0.15) is 0 Å². The standard InChI is InChI=1S/2C11H6F2N.C2H6N2.Ir/c2*12-8-4-5-9(10(13)7-8)11-3-1-2-6-14-11;3-1-2-4;/h2*1-4,6-7H;3-4H,1-2H2;/q2*-1;-2;. The number of aromatic nitrogens is 2. The van der Waals surface area contributed by atoms with Crippen LogP contribution in [0.3, 0.4) is 0 Å². The van der Waals surface area contributed by atoms with Gasteiger partial charge in [0, 0.05) is 55.8 Å². The van der Waals surface area contributed by atoms with Crippen LogP contribution >= 0.6 is 0 Å². The van der Waals surface area contributed by atoms with Crippen molar-refractivity contribution in [1.82, 2.24) is 9.97 Å². The molecule has 4 nitrogen and oxygen atoms in total. The van der Waals surface area contributed by atoms with Crippen LogP contribution in [-0.4, -0.2) is 23.1 Å². The minimum atomic E-state index is -0.649.